The Morgan fingerprint density at radius 2 is 1.79 bits per heavy atom. The predicted molar refractivity (Wildman–Crippen MR) is 111 cm³/mol. The molecule has 6 nitrogen and oxygen atoms in total. The Hall–Kier alpha value is -2.39. The maximum Gasteiger partial charge on any atom is 0.240 e. The first-order chi connectivity index (χ1) is 13.4. The molecule has 6 heteroatoms. The number of hydrogen-bond acceptors (Lipinski definition) is 4. The quantitative estimate of drug-likeness (QED) is 0.817. The number of carbonyl (C=O) groups is 2. The zero-order valence-corrected chi connectivity index (χ0v) is 17.9. The van der Waals surface area contributed by atoms with Gasteiger partial charge in [-0.3, -0.25) is 9.59 Å². The van der Waals surface area contributed by atoms with Crippen molar-refractivity contribution < 1.29 is 9.59 Å². The van der Waals surface area contributed by atoms with Crippen LogP contribution in [-0.2, 0) is 15.1 Å². The van der Waals surface area contributed by atoms with Crippen molar-refractivity contribution in [1.82, 2.24) is 10.2 Å². The SMILES string of the molecule is CC(C)(C#N)NC(=O)CN1C(=O)CC2(CCC(N)(c3ccccc3)CC2)C1(C)C. The number of nitrogens with two attached hydrogens (primary N) is 1. The number of nitriles is 1. The third kappa shape index (κ3) is 3.76. The summed E-state index contributed by atoms with van der Waals surface area (Å²) in [4.78, 5) is 27.1. The van der Waals surface area contributed by atoms with Crippen molar-refractivity contribution in [2.24, 2.45) is 11.1 Å². The monoisotopic (exact) mass is 396 g/mol. The van der Waals surface area contributed by atoms with Gasteiger partial charge in [-0.2, -0.15) is 5.26 Å². The third-order valence-electron chi connectivity index (χ3n) is 7.24. The molecular formula is C23H32N4O2. The fourth-order valence-corrected chi connectivity index (χ4v) is 5.07. The lowest BCUT2D eigenvalue weighted by Gasteiger charge is -2.51. The summed E-state index contributed by atoms with van der Waals surface area (Å²) in [6, 6.07) is 12.2. The molecule has 2 aliphatic rings. The number of amides is 2. The van der Waals surface area contributed by atoms with Crippen molar-refractivity contribution >= 4 is 11.8 Å². The minimum Gasteiger partial charge on any atom is -0.337 e. The van der Waals surface area contributed by atoms with Gasteiger partial charge in [0.25, 0.3) is 0 Å². The second-order valence-electron chi connectivity index (χ2n) is 9.80. The molecule has 1 aromatic carbocycles. The molecule has 1 aliphatic carbocycles. The summed E-state index contributed by atoms with van der Waals surface area (Å²) in [7, 11) is 0. The second-order valence-corrected chi connectivity index (χ2v) is 9.80. The molecule has 0 bridgehead atoms. The first-order valence-electron chi connectivity index (χ1n) is 10.3. The van der Waals surface area contributed by atoms with E-state index in [1.807, 2.05) is 18.2 Å². The maximum absolute atomic E-state index is 12.9. The Bertz CT molecular complexity index is 830. The molecule has 1 aliphatic heterocycles. The van der Waals surface area contributed by atoms with E-state index in [1.54, 1.807) is 18.7 Å². The van der Waals surface area contributed by atoms with Crippen molar-refractivity contribution in [3.05, 3.63) is 35.9 Å². The highest BCUT2D eigenvalue weighted by Crippen LogP contribution is 2.57. The fraction of sp³-hybridized carbons (Fsp3) is 0.609. The van der Waals surface area contributed by atoms with E-state index in [4.69, 9.17) is 11.0 Å². The lowest BCUT2D eigenvalue weighted by atomic mass is 9.58. The Balaban J connectivity index is 1.75. The number of nitrogens with one attached hydrogen (secondary N) is 1. The van der Waals surface area contributed by atoms with E-state index < -0.39 is 11.1 Å². The molecule has 2 fully saturated rings. The Morgan fingerprint density at radius 1 is 1.21 bits per heavy atom. The Kier molecular flexibility index (Phi) is 5.25. The lowest BCUT2D eigenvalue weighted by Crippen LogP contribution is -2.56. The van der Waals surface area contributed by atoms with Gasteiger partial charge in [0.1, 0.15) is 12.1 Å². The standard InChI is InChI=1S/C23H32N4O2/c1-20(2,16-24)26-18(28)15-27-19(29)14-22(21(27,3)4)10-12-23(25,13-11-22)17-8-6-5-7-9-17/h5-9H,10-15,25H2,1-4H3,(H,26,28). The molecule has 29 heavy (non-hydrogen) atoms. The first kappa shape index (κ1) is 21.3. The van der Waals surface area contributed by atoms with Crippen LogP contribution in [0.1, 0.15) is 65.4 Å². The molecule has 156 valence electrons. The summed E-state index contributed by atoms with van der Waals surface area (Å²) in [6.07, 6.45) is 3.77. The maximum atomic E-state index is 12.9. The Morgan fingerprint density at radius 3 is 2.34 bits per heavy atom. The molecule has 0 atom stereocenters. The largest absolute Gasteiger partial charge is 0.337 e. The van der Waals surface area contributed by atoms with Gasteiger partial charge in [0, 0.05) is 22.9 Å². The van der Waals surface area contributed by atoms with E-state index in [-0.39, 0.29) is 29.3 Å². The molecule has 3 N–H and O–H groups in total. The fourth-order valence-electron chi connectivity index (χ4n) is 5.07. The minimum absolute atomic E-state index is 0.00384. The highest BCUT2D eigenvalue weighted by atomic mass is 16.2. The molecule has 0 aromatic heterocycles. The van der Waals surface area contributed by atoms with Crippen molar-refractivity contribution in [3.8, 4) is 6.07 Å². The van der Waals surface area contributed by atoms with Crippen LogP contribution in [0.4, 0.5) is 0 Å². The average molecular weight is 397 g/mol. The van der Waals surface area contributed by atoms with Crippen LogP contribution in [0.5, 0.6) is 0 Å². The summed E-state index contributed by atoms with van der Waals surface area (Å²) in [5.74, 6) is -0.299. The normalized spacial score (nSPS) is 29.0. The highest BCUT2D eigenvalue weighted by molar-refractivity contribution is 5.88. The van der Waals surface area contributed by atoms with E-state index >= 15 is 0 Å². The zero-order chi connectivity index (χ0) is 21.5. The minimum atomic E-state index is -0.957. The number of nitrogens with zero attached hydrogens (tertiary/aromatic N) is 2. The van der Waals surface area contributed by atoms with E-state index in [2.05, 4.69) is 37.4 Å². The summed E-state index contributed by atoms with van der Waals surface area (Å²) >= 11 is 0. The average Bonchev–Trinajstić information content (AvgIpc) is 2.85. The topological polar surface area (TPSA) is 99.2 Å². The number of hydrogen-bond donors (Lipinski definition) is 2. The highest BCUT2D eigenvalue weighted by Gasteiger charge is 2.59. The van der Waals surface area contributed by atoms with Crippen LogP contribution in [0.25, 0.3) is 0 Å². The van der Waals surface area contributed by atoms with Crippen LogP contribution >= 0.6 is 0 Å². The van der Waals surface area contributed by atoms with Crippen molar-refractivity contribution in [2.75, 3.05) is 6.54 Å². The lowest BCUT2D eigenvalue weighted by molar-refractivity contribution is -0.137. The first-order valence-corrected chi connectivity index (χ1v) is 10.3. The van der Waals surface area contributed by atoms with Gasteiger partial charge >= 0.3 is 0 Å². The molecule has 0 radical (unpaired) electrons. The van der Waals surface area contributed by atoms with Gasteiger partial charge in [-0.05, 0) is 58.9 Å². The number of carbonyl (C=O) groups excluding carboxylic acids is 2. The van der Waals surface area contributed by atoms with Crippen LogP contribution in [0.3, 0.4) is 0 Å². The second kappa shape index (κ2) is 7.14. The number of rotatable bonds is 4. The summed E-state index contributed by atoms with van der Waals surface area (Å²) in [5.41, 5.74) is 5.95. The molecular weight excluding hydrogens is 364 g/mol. The van der Waals surface area contributed by atoms with Gasteiger partial charge in [0.15, 0.2) is 0 Å². The molecule has 3 rings (SSSR count). The van der Waals surface area contributed by atoms with Gasteiger partial charge in [-0.25, -0.2) is 0 Å². The summed E-state index contributed by atoms with van der Waals surface area (Å²) in [6.45, 7) is 7.40. The number of likely N-dealkylation sites (tertiary alicyclic amines) is 1. The molecule has 2 amide bonds. The van der Waals surface area contributed by atoms with E-state index in [0.717, 1.165) is 31.2 Å². The summed E-state index contributed by atoms with van der Waals surface area (Å²) < 4.78 is 0. The Labute approximate surface area is 173 Å². The smallest absolute Gasteiger partial charge is 0.240 e. The van der Waals surface area contributed by atoms with Gasteiger partial charge in [0.2, 0.25) is 11.8 Å². The van der Waals surface area contributed by atoms with E-state index in [0.29, 0.717) is 6.42 Å². The number of benzene rings is 1. The van der Waals surface area contributed by atoms with E-state index in [1.165, 1.54) is 0 Å². The molecule has 1 heterocycles. The van der Waals surface area contributed by atoms with Gasteiger partial charge in [-0.15, -0.1) is 0 Å². The van der Waals surface area contributed by atoms with Crippen molar-refractivity contribution in [1.29, 1.82) is 5.26 Å². The molecule has 1 saturated carbocycles. The van der Waals surface area contributed by atoms with Crippen LogP contribution < -0.4 is 11.1 Å². The molecule has 0 unspecified atom stereocenters. The molecule has 1 saturated heterocycles. The van der Waals surface area contributed by atoms with Gasteiger partial charge < -0.3 is 16.0 Å². The van der Waals surface area contributed by atoms with E-state index in [9.17, 15) is 9.59 Å². The summed E-state index contributed by atoms with van der Waals surface area (Å²) in [5, 5.41) is 11.8. The van der Waals surface area contributed by atoms with Crippen LogP contribution in [-0.4, -0.2) is 34.3 Å². The van der Waals surface area contributed by atoms with Crippen molar-refractivity contribution in [2.45, 2.75) is 76.4 Å². The van der Waals surface area contributed by atoms with Gasteiger partial charge in [-0.1, -0.05) is 30.3 Å². The molecule has 1 spiro atoms. The van der Waals surface area contributed by atoms with Gasteiger partial charge in [0.05, 0.1) is 6.07 Å². The zero-order valence-electron chi connectivity index (χ0n) is 17.9. The van der Waals surface area contributed by atoms with Crippen molar-refractivity contribution in [3.63, 3.8) is 0 Å². The van der Waals surface area contributed by atoms with Crippen LogP contribution in [0, 0.1) is 16.7 Å². The third-order valence-corrected chi connectivity index (χ3v) is 7.24. The predicted octanol–water partition coefficient (Wildman–Crippen LogP) is 2.83. The van der Waals surface area contributed by atoms with Crippen LogP contribution in [0.2, 0.25) is 0 Å². The van der Waals surface area contributed by atoms with Crippen LogP contribution in [0.15, 0.2) is 30.3 Å². The molecule has 1 aromatic rings.